The average molecular weight is 236 g/mol. The maximum Gasteiger partial charge on any atom is 0.122 e. The summed E-state index contributed by atoms with van der Waals surface area (Å²) in [5.74, 6) is 0. The summed E-state index contributed by atoms with van der Waals surface area (Å²) >= 11 is 4.77. The van der Waals surface area contributed by atoms with Crippen LogP contribution in [0.3, 0.4) is 0 Å². The molecule has 0 spiro atoms. The van der Waals surface area contributed by atoms with E-state index in [4.69, 9.17) is 0 Å². The van der Waals surface area contributed by atoms with Crippen molar-refractivity contribution in [1.82, 2.24) is 4.98 Å². The summed E-state index contributed by atoms with van der Waals surface area (Å²) in [5, 5.41) is 9.53. The number of rotatable bonds is 3. The maximum atomic E-state index is 9.53. The Hall–Kier alpha value is 0.0700. The van der Waals surface area contributed by atoms with Crippen LogP contribution in [0.4, 0.5) is 0 Å². The van der Waals surface area contributed by atoms with Gasteiger partial charge in [0.15, 0.2) is 0 Å². The smallest absolute Gasteiger partial charge is 0.122 e. The first-order valence-electron chi connectivity index (χ1n) is 3.52. The molecule has 0 amide bonds. The number of hydrogen-bond donors (Lipinski definition) is 1. The normalized spacial score (nSPS) is 13.4. The van der Waals surface area contributed by atoms with Crippen molar-refractivity contribution in [3.63, 3.8) is 0 Å². The summed E-state index contributed by atoms with van der Waals surface area (Å²) in [5.41, 5.74) is 1.73. The second-order valence-corrected chi connectivity index (χ2v) is 3.95. The number of halogens is 1. The molecule has 0 saturated carbocycles. The molecule has 0 aromatic carbocycles. The van der Waals surface area contributed by atoms with Gasteiger partial charge in [-0.15, -0.1) is 11.3 Å². The standard InChI is InChI=1S/C7H10BrNOS/c1-2-3-5(10)6-7(8)9-4-11-6/h4-5,10H,2-3H2,1H3. The molecule has 0 aliphatic rings. The van der Waals surface area contributed by atoms with Crippen LogP contribution >= 0.6 is 27.3 Å². The van der Waals surface area contributed by atoms with Crippen LogP contribution in [0.15, 0.2) is 10.1 Å². The van der Waals surface area contributed by atoms with Crippen molar-refractivity contribution in [2.24, 2.45) is 0 Å². The van der Waals surface area contributed by atoms with Gasteiger partial charge in [-0.1, -0.05) is 13.3 Å². The molecule has 1 aromatic rings. The summed E-state index contributed by atoms with van der Waals surface area (Å²) in [6, 6.07) is 0. The summed E-state index contributed by atoms with van der Waals surface area (Å²) in [6.45, 7) is 2.05. The fourth-order valence-electron chi connectivity index (χ4n) is 0.862. The van der Waals surface area contributed by atoms with Crippen LogP contribution < -0.4 is 0 Å². The zero-order chi connectivity index (χ0) is 8.27. The Morgan fingerprint density at radius 1 is 1.82 bits per heavy atom. The molecule has 11 heavy (non-hydrogen) atoms. The molecule has 0 bridgehead atoms. The Bertz CT molecular complexity index is 226. The summed E-state index contributed by atoms with van der Waals surface area (Å²) in [4.78, 5) is 4.93. The van der Waals surface area contributed by atoms with Gasteiger partial charge >= 0.3 is 0 Å². The number of aliphatic hydroxyl groups is 1. The van der Waals surface area contributed by atoms with E-state index in [2.05, 4.69) is 27.8 Å². The molecule has 1 heterocycles. The number of aromatic nitrogens is 1. The molecule has 2 nitrogen and oxygen atoms in total. The molecule has 1 rings (SSSR count). The zero-order valence-electron chi connectivity index (χ0n) is 6.25. The van der Waals surface area contributed by atoms with Gasteiger partial charge in [-0.05, 0) is 22.4 Å². The van der Waals surface area contributed by atoms with Gasteiger partial charge in [-0.25, -0.2) is 4.98 Å². The Balaban J connectivity index is 2.67. The van der Waals surface area contributed by atoms with E-state index in [1.165, 1.54) is 11.3 Å². The zero-order valence-corrected chi connectivity index (χ0v) is 8.65. The van der Waals surface area contributed by atoms with Gasteiger partial charge in [0, 0.05) is 0 Å². The minimum atomic E-state index is -0.345. The molecular weight excluding hydrogens is 226 g/mol. The molecule has 62 valence electrons. The van der Waals surface area contributed by atoms with Crippen LogP contribution in [-0.2, 0) is 0 Å². The number of nitrogens with zero attached hydrogens (tertiary/aromatic N) is 1. The molecule has 0 saturated heterocycles. The largest absolute Gasteiger partial charge is 0.387 e. The Morgan fingerprint density at radius 2 is 2.55 bits per heavy atom. The molecule has 0 aliphatic heterocycles. The molecule has 1 unspecified atom stereocenters. The monoisotopic (exact) mass is 235 g/mol. The third kappa shape index (κ3) is 2.25. The van der Waals surface area contributed by atoms with Crippen LogP contribution in [0.2, 0.25) is 0 Å². The van der Waals surface area contributed by atoms with Crippen molar-refractivity contribution < 1.29 is 5.11 Å². The van der Waals surface area contributed by atoms with E-state index >= 15 is 0 Å². The van der Waals surface area contributed by atoms with Gasteiger partial charge in [-0.2, -0.15) is 0 Å². The molecule has 1 N–H and O–H groups in total. The fraction of sp³-hybridized carbons (Fsp3) is 0.571. The van der Waals surface area contributed by atoms with E-state index in [1.807, 2.05) is 0 Å². The van der Waals surface area contributed by atoms with Gasteiger partial charge < -0.3 is 5.11 Å². The highest BCUT2D eigenvalue weighted by molar-refractivity contribution is 9.10. The summed E-state index contributed by atoms with van der Waals surface area (Å²) in [6.07, 6.45) is 1.45. The Labute approximate surface area is 78.4 Å². The molecule has 0 fully saturated rings. The lowest BCUT2D eigenvalue weighted by molar-refractivity contribution is 0.169. The quantitative estimate of drug-likeness (QED) is 0.875. The average Bonchev–Trinajstić information content (AvgIpc) is 2.36. The highest BCUT2D eigenvalue weighted by atomic mass is 79.9. The summed E-state index contributed by atoms with van der Waals surface area (Å²) < 4.78 is 0.781. The fourth-order valence-corrected chi connectivity index (χ4v) is 2.34. The molecule has 1 aromatic heterocycles. The maximum absolute atomic E-state index is 9.53. The SMILES string of the molecule is CCCC(O)c1scnc1Br. The molecule has 1 atom stereocenters. The van der Waals surface area contributed by atoms with Crippen LogP contribution in [0.5, 0.6) is 0 Å². The molecule has 0 radical (unpaired) electrons. The van der Waals surface area contributed by atoms with Crippen molar-refractivity contribution in [1.29, 1.82) is 0 Å². The van der Waals surface area contributed by atoms with Gasteiger partial charge in [0.25, 0.3) is 0 Å². The van der Waals surface area contributed by atoms with Crippen molar-refractivity contribution in [3.05, 3.63) is 15.0 Å². The Kier molecular flexibility index (Phi) is 3.48. The second-order valence-electron chi connectivity index (χ2n) is 2.31. The highest BCUT2D eigenvalue weighted by Gasteiger charge is 2.11. The van der Waals surface area contributed by atoms with Gasteiger partial charge in [-0.3, -0.25) is 0 Å². The van der Waals surface area contributed by atoms with E-state index in [9.17, 15) is 5.11 Å². The van der Waals surface area contributed by atoms with E-state index in [-0.39, 0.29) is 6.10 Å². The van der Waals surface area contributed by atoms with E-state index in [0.717, 1.165) is 22.3 Å². The van der Waals surface area contributed by atoms with Crippen LogP contribution in [-0.4, -0.2) is 10.1 Å². The molecule has 0 aliphatic carbocycles. The lowest BCUT2D eigenvalue weighted by Crippen LogP contribution is -1.93. The van der Waals surface area contributed by atoms with Crippen molar-refractivity contribution in [2.75, 3.05) is 0 Å². The van der Waals surface area contributed by atoms with Crippen LogP contribution in [0, 0.1) is 0 Å². The minimum absolute atomic E-state index is 0.345. The van der Waals surface area contributed by atoms with Gasteiger partial charge in [0.1, 0.15) is 4.60 Å². The van der Waals surface area contributed by atoms with Gasteiger partial charge in [0.05, 0.1) is 16.5 Å². The lowest BCUT2D eigenvalue weighted by Gasteiger charge is -2.05. The van der Waals surface area contributed by atoms with Crippen molar-refractivity contribution >= 4 is 27.3 Å². The molecule has 4 heteroatoms. The predicted octanol–water partition coefficient (Wildman–Crippen LogP) is 2.74. The predicted molar refractivity (Wildman–Crippen MR) is 49.7 cm³/mol. The van der Waals surface area contributed by atoms with Crippen molar-refractivity contribution in [3.8, 4) is 0 Å². The van der Waals surface area contributed by atoms with Crippen molar-refractivity contribution in [2.45, 2.75) is 25.9 Å². The first-order valence-corrected chi connectivity index (χ1v) is 5.20. The number of hydrogen-bond acceptors (Lipinski definition) is 3. The first kappa shape index (κ1) is 9.16. The van der Waals surface area contributed by atoms with Crippen LogP contribution in [0.25, 0.3) is 0 Å². The lowest BCUT2D eigenvalue weighted by atomic mass is 10.2. The summed E-state index contributed by atoms with van der Waals surface area (Å²) in [7, 11) is 0. The van der Waals surface area contributed by atoms with E-state index in [0.29, 0.717) is 0 Å². The third-order valence-corrected chi connectivity index (χ3v) is 3.24. The minimum Gasteiger partial charge on any atom is -0.387 e. The molecular formula is C7H10BrNOS. The first-order chi connectivity index (χ1) is 5.25. The Morgan fingerprint density at radius 3 is 3.00 bits per heavy atom. The van der Waals surface area contributed by atoms with E-state index in [1.54, 1.807) is 5.51 Å². The topological polar surface area (TPSA) is 33.1 Å². The van der Waals surface area contributed by atoms with Crippen LogP contribution in [0.1, 0.15) is 30.7 Å². The second kappa shape index (κ2) is 4.18. The highest BCUT2D eigenvalue weighted by Crippen LogP contribution is 2.28. The van der Waals surface area contributed by atoms with Gasteiger partial charge in [0.2, 0.25) is 0 Å². The number of aliphatic hydroxyl groups excluding tert-OH is 1. The number of thiazole rings is 1. The third-order valence-electron chi connectivity index (χ3n) is 1.41. The van der Waals surface area contributed by atoms with E-state index < -0.39 is 0 Å².